The van der Waals surface area contributed by atoms with Crippen molar-refractivity contribution in [1.29, 1.82) is 0 Å². The topological polar surface area (TPSA) is 76.1 Å². The van der Waals surface area contributed by atoms with Crippen molar-refractivity contribution in [1.82, 2.24) is 10.6 Å². The number of nitrogens with zero attached hydrogens (tertiary/aromatic N) is 1. The average molecular weight is 554 g/mol. The molecule has 7 nitrogen and oxygen atoms in total. The van der Waals surface area contributed by atoms with Crippen LogP contribution in [0.1, 0.15) is 23.1 Å². The third-order valence-corrected chi connectivity index (χ3v) is 5.12. The Labute approximate surface area is 208 Å². The molecule has 0 aromatic heterocycles. The molecule has 1 fully saturated rings. The van der Waals surface area contributed by atoms with Crippen molar-refractivity contribution in [3.8, 4) is 5.75 Å². The number of ether oxygens (including phenoxy) is 3. The van der Waals surface area contributed by atoms with Gasteiger partial charge in [0.25, 0.3) is 0 Å². The Morgan fingerprint density at radius 3 is 2.59 bits per heavy atom. The van der Waals surface area contributed by atoms with E-state index in [-0.39, 0.29) is 30.1 Å². The molecular formula is C24H35IN4O3. The molecule has 1 heterocycles. The van der Waals surface area contributed by atoms with E-state index >= 15 is 0 Å². The molecule has 3 N–H and O–H groups in total. The lowest BCUT2D eigenvalue weighted by Gasteiger charge is -2.18. The molecule has 1 saturated heterocycles. The molecule has 3 rings (SSSR count). The first kappa shape index (κ1) is 26.2. The highest BCUT2D eigenvalue weighted by Gasteiger charge is 2.18. The first-order chi connectivity index (χ1) is 15.2. The number of benzene rings is 2. The Morgan fingerprint density at radius 1 is 1.12 bits per heavy atom. The van der Waals surface area contributed by atoms with E-state index in [2.05, 4.69) is 70.3 Å². The summed E-state index contributed by atoms with van der Waals surface area (Å²) in [6, 6.07) is 14.7. The quantitative estimate of drug-likeness (QED) is 0.180. The maximum atomic E-state index is 6.19. The van der Waals surface area contributed by atoms with Crippen LogP contribution in [-0.2, 0) is 22.6 Å². The molecule has 1 atom stereocenters. The van der Waals surface area contributed by atoms with Crippen molar-refractivity contribution in [2.24, 2.45) is 4.99 Å². The summed E-state index contributed by atoms with van der Waals surface area (Å²) in [5.41, 5.74) is 4.55. The number of anilines is 1. The first-order valence-electron chi connectivity index (χ1n) is 10.8. The second kappa shape index (κ2) is 14.2. The zero-order valence-corrected chi connectivity index (χ0v) is 21.5. The fourth-order valence-corrected chi connectivity index (χ4v) is 3.33. The lowest BCUT2D eigenvalue weighted by Crippen LogP contribution is -2.36. The van der Waals surface area contributed by atoms with Gasteiger partial charge in [0.1, 0.15) is 11.9 Å². The van der Waals surface area contributed by atoms with E-state index in [1.807, 2.05) is 0 Å². The molecule has 1 aliphatic heterocycles. The summed E-state index contributed by atoms with van der Waals surface area (Å²) < 4.78 is 16.7. The Balaban J connectivity index is 0.00000363. The van der Waals surface area contributed by atoms with Gasteiger partial charge in [0.2, 0.25) is 0 Å². The number of guanidine groups is 1. The second-order valence-electron chi connectivity index (χ2n) is 7.61. The number of nitrogens with one attached hydrogen (secondary N) is 3. The van der Waals surface area contributed by atoms with E-state index in [1.165, 1.54) is 11.1 Å². The molecule has 2 aromatic rings. The van der Waals surface area contributed by atoms with Gasteiger partial charge >= 0.3 is 0 Å². The number of rotatable bonds is 10. The van der Waals surface area contributed by atoms with Crippen molar-refractivity contribution in [2.75, 3.05) is 45.8 Å². The van der Waals surface area contributed by atoms with Gasteiger partial charge in [-0.2, -0.15) is 0 Å². The van der Waals surface area contributed by atoms with Gasteiger partial charge in [-0.25, -0.2) is 0 Å². The van der Waals surface area contributed by atoms with E-state index in [4.69, 9.17) is 14.2 Å². The third kappa shape index (κ3) is 8.48. The van der Waals surface area contributed by atoms with Gasteiger partial charge in [-0.3, -0.25) is 4.99 Å². The van der Waals surface area contributed by atoms with Crippen LogP contribution in [0.2, 0.25) is 0 Å². The molecule has 2 aromatic carbocycles. The van der Waals surface area contributed by atoms with Gasteiger partial charge in [0.05, 0.1) is 19.8 Å². The van der Waals surface area contributed by atoms with E-state index in [1.54, 1.807) is 14.2 Å². The van der Waals surface area contributed by atoms with E-state index in [0.717, 1.165) is 42.5 Å². The summed E-state index contributed by atoms with van der Waals surface area (Å²) in [5.74, 6) is 1.66. The predicted octanol–water partition coefficient (Wildman–Crippen LogP) is 3.70. The second-order valence-corrected chi connectivity index (χ2v) is 7.61. The number of aliphatic imine (C=N–C) groups is 1. The molecule has 176 valence electrons. The molecule has 1 aliphatic rings. The Bertz CT molecular complexity index is 840. The minimum Gasteiger partial charge on any atom is -0.488 e. The molecule has 0 aliphatic carbocycles. The molecule has 0 saturated carbocycles. The fraction of sp³-hybridized carbons (Fsp3) is 0.458. The van der Waals surface area contributed by atoms with E-state index < -0.39 is 0 Å². The molecule has 1 unspecified atom stereocenters. The summed E-state index contributed by atoms with van der Waals surface area (Å²) in [4.78, 5) is 4.34. The monoisotopic (exact) mass is 554 g/mol. The lowest BCUT2D eigenvalue weighted by molar-refractivity contribution is 0.140. The van der Waals surface area contributed by atoms with Gasteiger partial charge < -0.3 is 30.2 Å². The smallest absolute Gasteiger partial charge is 0.191 e. The zero-order chi connectivity index (χ0) is 21.9. The Hall–Kier alpha value is -2.04. The van der Waals surface area contributed by atoms with Gasteiger partial charge in [0.15, 0.2) is 5.96 Å². The maximum absolute atomic E-state index is 6.19. The summed E-state index contributed by atoms with van der Waals surface area (Å²) in [6.45, 7) is 6.31. The minimum absolute atomic E-state index is 0. The highest BCUT2D eigenvalue weighted by atomic mass is 127. The molecule has 32 heavy (non-hydrogen) atoms. The van der Waals surface area contributed by atoms with Crippen LogP contribution in [-0.4, -0.2) is 52.6 Å². The fourth-order valence-electron chi connectivity index (χ4n) is 3.33. The Morgan fingerprint density at radius 2 is 1.91 bits per heavy atom. The maximum Gasteiger partial charge on any atom is 0.191 e. The standard InChI is InChI=1S/C24H34N4O3.HI/c1-18-4-7-20(23(14-18)31-22-10-12-30-17-22)16-28-24(25-2)27-15-19-5-8-21(9-6-19)26-11-13-29-3;/h4-9,14,22,26H,10-13,15-17H2,1-3H3,(H2,25,27,28);1H. The van der Waals surface area contributed by atoms with Crippen molar-refractivity contribution in [2.45, 2.75) is 32.5 Å². The summed E-state index contributed by atoms with van der Waals surface area (Å²) in [5, 5.41) is 10.1. The van der Waals surface area contributed by atoms with Gasteiger partial charge in [-0.15, -0.1) is 24.0 Å². The molecule has 0 radical (unpaired) electrons. The Kier molecular flexibility index (Phi) is 11.6. The normalized spacial score (nSPS) is 15.7. The van der Waals surface area contributed by atoms with Crippen LogP contribution in [0.5, 0.6) is 5.75 Å². The lowest BCUT2D eigenvalue weighted by atomic mass is 10.1. The SMILES string of the molecule is CN=C(NCc1ccc(NCCOC)cc1)NCc1ccc(C)cc1OC1CCOC1.I. The molecule has 8 heteroatoms. The first-order valence-corrected chi connectivity index (χ1v) is 10.8. The van der Waals surface area contributed by atoms with Gasteiger partial charge in [0, 0.05) is 51.5 Å². The summed E-state index contributed by atoms with van der Waals surface area (Å²) >= 11 is 0. The van der Waals surface area contributed by atoms with Crippen molar-refractivity contribution < 1.29 is 14.2 Å². The van der Waals surface area contributed by atoms with Crippen LogP contribution in [0, 0.1) is 6.92 Å². The molecule has 0 spiro atoms. The van der Waals surface area contributed by atoms with Crippen LogP contribution in [0.4, 0.5) is 5.69 Å². The molecular weight excluding hydrogens is 519 g/mol. The van der Waals surface area contributed by atoms with E-state index in [0.29, 0.717) is 26.3 Å². The number of hydrogen-bond donors (Lipinski definition) is 3. The largest absolute Gasteiger partial charge is 0.488 e. The number of aryl methyl sites for hydroxylation is 1. The van der Waals surface area contributed by atoms with Crippen LogP contribution in [0.3, 0.4) is 0 Å². The number of hydrogen-bond acceptors (Lipinski definition) is 5. The average Bonchev–Trinajstić information content (AvgIpc) is 3.29. The van der Waals surface area contributed by atoms with Crippen LogP contribution < -0.4 is 20.7 Å². The molecule has 0 bridgehead atoms. The third-order valence-electron chi connectivity index (χ3n) is 5.12. The number of halogens is 1. The summed E-state index contributed by atoms with van der Waals surface area (Å²) in [7, 11) is 3.48. The molecule has 0 amide bonds. The van der Waals surface area contributed by atoms with Gasteiger partial charge in [-0.1, -0.05) is 24.3 Å². The predicted molar refractivity (Wildman–Crippen MR) is 140 cm³/mol. The van der Waals surface area contributed by atoms with Crippen LogP contribution >= 0.6 is 24.0 Å². The highest BCUT2D eigenvalue weighted by Crippen LogP contribution is 2.23. The zero-order valence-electron chi connectivity index (χ0n) is 19.1. The van der Waals surface area contributed by atoms with Gasteiger partial charge in [-0.05, 0) is 36.2 Å². The highest BCUT2D eigenvalue weighted by molar-refractivity contribution is 14.0. The van der Waals surface area contributed by atoms with E-state index in [9.17, 15) is 0 Å². The van der Waals surface area contributed by atoms with Crippen LogP contribution in [0.15, 0.2) is 47.5 Å². The van der Waals surface area contributed by atoms with Crippen molar-refractivity contribution in [3.05, 3.63) is 59.2 Å². The van der Waals surface area contributed by atoms with Crippen molar-refractivity contribution in [3.63, 3.8) is 0 Å². The minimum atomic E-state index is 0. The van der Waals surface area contributed by atoms with Crippen molar-refractivity contribution >= 4 is 35.6 Å². The summed E-state index contributed by atoms with van der Waals surface area (Å²) in [6.07, 6.45) is 1.06. The van der Waals surface area contributed by atoms with Crippen LogP contribution in [0.25, 0.3) is 0 Å². The number of methoxy groups -OCH3 is 1.